The topological polar surface area (TPSA) is 58.4 Å². The van der Waals surface area contributed by atoms with E-state index < -0.39 is 0 Å². The van der Waals surface area contributed by atoms with Gasteiger partial charge in [0.25, 0.3) is 5.69 Å². The van der Waals surface area contributed by atoms with Crippen LogP contribution >= 0.6 is 0 Å². The summed E-state index contributed by atoms with van der Waals surface area (Å²) in [6, 6.07) is 6.45. The molecular weight excluding hydrogens is 254 g/mol. The Hall–Kier alpha value is -1.62. The van der Waals surface area contributed by atoms with Crippen molar-refractivity contribution in [3.63, 3.8) is 0 Å². The number of hydrogen-bond acceptors (Lipinski definition) is 4. The second kappa shape index (κ2) is 6.22. The van der Waals surface area contributed by atoms with Crippen LogP contribution in [0, 0.1) is 10.1 Å². The molecule has 2 rings (SSSR count). The predicted molar refractivity (Wildman–Crippen MR) is 81.0 cm³/mol. The molecule has 1 N–H and O–H groups in total. The van der Waals surface area contributed by atoms with E-state index in [4.69, 9.17) is 0 Å². The van der Waals surface area contributed by atoms with E-state index in [0.717, 1.165) is 18.5 Å². The molecule has 0 amide bonds. The van der Waals surface area contributed by atoms with Crippen LogP contribution in [-0.2, 0) is 6.54 Å². The van der Waals surface area contributed by atoms with Crippen molar-refractivity contribution in [3.8, 4) is 0 Å². The van der Waals surface area contributed by atoms with Crippen LogP contribution in [0.1, 0.15) is 38.7 Å². The van der Waals surface area contributed by atoms with Gasteiger partial charge in [-0.1, -0.05) is 19.1 Å². The number of nitro groups is 1. The highest BCUT2D eigenvalue weighted by Gasteiger charge is 2.30. The fraction of sp³-hybridized carbons (Fsp3) is 0.600. The zero-order valence-corrected chi connectivity index (χ0v) is 12.4. The molecule has 1 fully saturated rings. The minimum Gasteiger partial charge on any atom is -0.382 e. The molecule has 1 heterocycles. The first-order valence-electron chi connectivity index (χ1n) is 7.28. The summed E-state index contributed by atoms with van der Waals surface area (Å²) >= 11 is 0. The summed E-state index contributed by atoms with van der Waals surface area (Å²) in [4.78, 5) is 13.3. The number of nitro benzene ring substituents is 1. The van der Waals surface area contributed by atoms with Crippen LogP contribution in [0.3, 0.4) is 0 Å². The Morgan fingerprint density at radius 2 is 2.20 bits per heavy atom. The van der Waals surface area contributed by atoms with E-state index in [2.05, 4.69) is 24.1 Å². The van der Waals surface area contributed by atoms with Gasteiger partial charge in [0.1, 0.15) is 5.69 Å². The largest absolute Gasteiger partial charge is 0.382 e. The second-order valence-electron chi connectivity index (χ2n) is 5.48. The summed E-state index contributed by atoms with van der Waals surface area (Å²) in [5.41, 5.74) is 1.81. The number of para-hydroxylation sites is 1. The Balaban J connectivity index is 2.29. The van der Waals surface area contributed by atoms with Crippen molar-refractivity contribution in [1.29, 1.82) is 0 Å². The zero-order valence-electron chi connectivity index (χ0n) is 12.4. The Morgan fingerprint density at radius 3 is 2.80 bits per heavy atom. The van der Waals surface area contributed by atoms with Crippen LogP contribution < -0.4 is 5.32 Å². The maximum atomic E-state index is 11.1. The first kappa shape index (κ1) is 14.8. The molecule has 110 valence electrons. The summed E-state index contributed by atoms with van der Waals surface area (Å²) < 4.78 is 0. The molecule has 2 unspecified atom stereocenters. The standard InChI is InChI=1S/C15H23N3O2/c1-4-13-9-8-11(2)17(13)10-12-6-5-7-14(18(19)20)15(12)16-3/h5-7,11,13,16H,4,8-10H2,1-3H3. The minimum absolute atomic E-state index is 0.157. The van der Waals surface area contributed by atoms with Crippen molar-refractivity contribution >= 4 is 11.4 Å². The Labute approximate surface area is 120 Å². The molecular formula is C15H23N3O2. The summed E-state index contributed by atoms with van der Waals surface area (Å²) in [5.74, 6) is 0. The van der Waals surface area contributed by atoms with Crippen LogP contribution in [0.2, 0.25) is 0 Å². The molecule has 1 aromatic carbocycles. The summed E-state index contributed by atoms with van der Waals surface area (Å²) in [5, 5.41) is 14.1. The van der Waals surface area contributed by atoms with Crippen LogP contribution in [0.5, 0.6) is 0 Å². The maximum Gasteiger partial charge on any atom is 0.292 e. The Kier molecular flexibility index (Phi) is 4.60. The van der Waals surface area contributed by atoms with E-state index in [1.807, 2.05) is 6.07 Å². The third-order valence-electron chi connectivity index (χ3n) is 4.35. The van der Waals surface area contributed by atoms with Crippen molar-refractivity contribution in [1.82, 2.24) is 4.90 Å². The van der Waals surface area contributed by atoms with Gasteiger partial charge >= 0.3 is 0 Å². The van der Waals surface area contributed by atoms with Crippen molar-refractivity contribution in [2.24, 2.45) is 0 Å². The Morgan fingerprint density at radius 1 is 1.45 bits per heavy atom. The number of likely N-dealkylation sites (tertiary alicyclic amines) is 1. The molecule has 0 bridgehead atoms. The third-order valence-corrected chi connectivity index (χ3v) is 4.35. The molecule has 0 aromatic heterocycles. The van der Waals surface area contributed by atoms with Crippen LogP contribution in [0.15, 0.2) is 18.2 Å². The number of benzene rings is 1. The van der Waals surface area contributed by atoms with Gasteiger partial charge in [-0.3, -0.25) is 15.0 Å². The fourth-order valence-electron chi connectivity index (χ4n) is 3.20. The molecule has 0 radical (unpaired) electrons. The van der Waals surface area contributed by atoms with E-state index in [1.165, 1.54) is 12.8 Å². The van der Waals surface area contributed by atoms with E-state index in [0.29, 0.717) is 17.8 Å². The molecule has 5 nitrogen and oxygen atoms in total. The number of hydrogen-bond donors (Lipinski definition) is 1. The van der Waals surface area contributed by atoms with Crippen molar-refractivity contribution < 1.29 is 4.92 Å². The number of anilines is 1. The van der Waals surface area contributed by atoms with Gasteiger partial charge in [0.05, 0.1) is 4.92 Å². The van der Waals surface area contributed by atoms with E-state index >= 15 is 0 Å². The van der Waals surface area contributed by atoms with Crippen molar-refractivity contribution in [3.05, 3.63) is 33.9 Å². The highest BCUT2D eigenvalue weighted by atomic mass is 16.6. The lowest BCUT2D eigenvalue weighted by Crippen LogP contribution is -2.33. The van der Waals surface area contributed by atoms with Crippen LogP contribution in [0.4, 0.5) is 11.4 Å². The fourth-order valence-corrected chi connectivity index (χ4v) is 3.20. The number of rotatable bonds is 5. The molecule has 1 saturated heterocycles. The first-order valence-corrected chi connectivity index (χ1v) is 7.28. The summed E-state index contributed by atoms with van der Waals surface area (Å²) in [7, 11) is 1.75. The minimum atomic E-state index is -0.319. The molecule has 0 saturated carbocycles. The lowest BCUT2D eigenvalue weighted by molar-refractivity contribution is -0.384. The molecule has 0 aliphatic carbocycles. The van der Waals surface area contributed by atoms with E-state index in [9.17, 15) is 10.1 Å². The quantitative estimate of drug-likeness (QED) is 0.662. The number of nitrogens with one attached hydrogen (secondary N) is 1. The lowest BCUT2D eigenvalue weighted by atomic mass is 10.1. The highest BCUT2D eigenvalue weighted by molar-refractivity contribution is 5.66. The lowest BCUT2D eigenvalue weighted by Gasteiger charge is -2.28. The molecule has 1 aliphatic rings. The van der Waals surface area contributed by atoms with Gasteiger partial charge < -0.3 is 5.32 Å². The molecule has 1 aromatic rings. The zero-order chi connectivity index (χ0) is 14.7. The summed E-state index contributed by atoms with van der Waals surface area (Å²) in [6.07, 6.45) is 3.57. The molecule has 0 spiro atoms. The highest BCUT2D eigenvalue weighted by Crippen LogP contribution is 2.33. The van der Waals surface area contributed by atoms with Gasteiger partial charge in [-0.05, 0) is 31.7 Å². The molecule has 2 atom stereocenters. The maximum absolute atomic E-state index is 11.1. The Bertz CT molecular complexity index is 490. The number of nitrogens with zero attached hydrogens (tertiary/aromatic N) is 2. The van der Waals surface area contributed by atoms with Crippen molar-refractivity contribution in [2.45, 2.75) is 51.7 Å². The van der Waals surface area contributed by atoms with Crippen LogP contribution in [0.25, 0.3) is 0 Å². The van der Waals surface area contributed by atoms with Gasteiger partial charge in [-0.15, -0.1) is 0 Å². The summed E-state index contributed by atoms with van der Waals surface area (Å²) in [6.45, 7) is 5.23. The monoisotopic (exact) mass is 277 g/mol. The van der Waals surface area contributed by atoms with E-state index in [1.54, 1.807) is 19.2 Å². The molecule has 1 aliphatic heterocycles. The second-order valence-corrected chi connectivity index (χ2v) is 5.48. The van der Waals surface area contributed by atoms with Gasteiger partial charge in [0.2, 0.25) is 0 Å². The van der Waals surface area contributed by atoms with Crippen LogP contribution in [-0.4, -0.2) is 29.0 Å². The van der Waals surface area contributed by atoms with Gasteiger partial charge in [-0.25, -0.2) is 0 Å². The first-order chi connectivity index (χ1) is 9.58. The average molecular weight is 277 g/mol. The van der Waals surface area contributed by atoms with Gasteiger partial charge in [0.15, 0.2) is 0 Å². The molecule has 5 heteroatoms. The van der Waals surface area contributed by atoms with Gasteiger partial charge in [-0.2, -0.15) is 0 Å². The predicted octanol–water partition coefficient (Wildman–Crippen LogP) is 3.40. The smallest absolute Gasteiger partial charge is 0.292 e. The SMILES string of the molecule is CCC1CCC(C)N1Cc1cccc([N+](=O)[O-])c1NC. The normalized spacial score (nSPS) is 22.9. The van der Waals surface area contributed by atoms with Gasteiger partial charge in [0, 0.05) is 31.7 Å². The van der Waals surface area contributed by atoms with Crippen molar-refractivity contribution in [2.75, 3.05) is 12.4 Å². The molecule has 20 heavy (non-hydrogen) atoms. The van der Waals surface area contributed by atoms with E-state index in [-0.39, 0.29) is 10.6 Å². The third kappa shape index (κ3) is 2.77. The average Bonchev–Trinajstić information content (AvgIpc) is 2.79.